The van der Waals surface area contributed by atoms with E-state index in [9.17, 15) is 14.4 Å². The first kappa shape index (κ1) is 32.2. The highest BCUT2D eigenvalue weighted by molar-refractivity contribution is 5.73. The van der Waals surface area contributed by atoms with Crippen molar-refractivity contribution in [3.05, 3.63) is 0 Å². The summed E-state index contributed by atoms with van der Waals surface area (Å²) in [5.41, 5.74) is 0. The van der Waals surface area contributed by atoms with Gasteiger partial charge >= 0.3 is 18.0 Å². The number of esters is 2. The van der Waals surface area contributed by atoms with Crippen LogP contribution in [0.15, 0.2) is 0 Å². The van der Waals surface area contributed by atoms with Gasteiger partial charge in [0.05, 0.1) is 13.2 Å². The van der Waals surface area contributed by atoms with Gasteiger partial charge in [-0.3, -0.25) is 9.59 Å². The smallest absolute Gasteiger partial charge is 0.314 e. The molecule has 0 spiro atoms. The molecule has 0 aliphatic heterocycles. The van der Waals surface area contributed by atoms with Gasteiger partial charge in [0.2, 0.25) is 0 Å². The molecule has 7 nitrogen and oxygen atoms in total. The van der Waals surface area contributed by atoms with Crippen molar-refractivity contribution in [1.29, 1.82) is 0 Å². The van der Waals surface area contributed by atoms with Crippen LogP contribution in [0.25, 0.3) is 0 Å². The summed E-state index contributed by atoms with van der Waals surface area (Å²) in [4.78, 5) is 34.3. The summed E-state index contributed by atoms with van der Waals surface area (Å²) in [7, 11) is 0. The number of rotatable bonds is 24. The van der Waals surface area contributed by atoms with E-state index in [1.165, 1.54) is 51.4 Å². The molecule has 0 fully saturated rings. The molecular formula is C27H52N2O5. The summed E-state index contributed by atoms with van der Waals surface area (Å²) in [6.07, 6.45) is 19.1. The summed E-state index contributed by atoms with van der Waals surface area (Å²) < 4.78 is 9.85. The molecule has 0 bridgehead atoms. The Morgan fingerprint density at radius 1 is 0.471 bits per heavy atom. The maximum atomic E-state index is 11.8. The van der Waals surface area contributed by atoms with E-state index >= 15 is 0 Å². The van der Waals surface area contributed by atoms with Crippen molar-refractivity contribution in [3.8, 4) is 0 Å². The zero-order valence-electron chi connectivity index (χ0n) is 22.1. The molecule has 2 N–H and O–H groups in total. The molecule has 0 aliphatic carbocycles. The minimum Gasteiger partial charge on any atom is -0.466 e. The average molecular weight is 485 g/mol. The maximum Gasteiger partial charge on any atom is 0.314 e. The number of unbranched alkanes of at least 4 members (excludes halogenated alkanes) is 14. The third-order valence-electron chi connectivity index (χ3n) is 5.80. The number of carbonyl (C=O) groups excluding carboxylic acids is 3. The fourth-order valence-electron chi connectivity index (χ4n) is 3.84. The molecule has 0 atom stereocenters. The monoisotopic (exact) mass is 484 g/mol. The van der Waals surface area contributed by atoms with Crippen LogP contribution in [-0.2, 0) is 19.1 Å². The maximum absolute atomic E-state index is 11.8. The molecule has 0 unspecified atom stereocenters. The zero-order valence-corrected chi connectivity index (χ0v) is 22.1. The fraction of sp³-hybridized carbons (Fsp3) is 0.889. The molecule has 34 heavy (non-hydrogen) atoms. The van der Waals surface area contributed by atoms with Crippen LogP contribution in [0.4, 0.5) is 4.79 Å². The Kier molecular flexibility index (Phi) is 24.5. The Hall–Kier alpha value is -1.79. The summed E-state index contributed by atoms with van der Waals surface area (Å²) in [5, 5.41) is 5.88. The van der Waals surface area contributed by atoms with Gasteiger partial charge in [-0.15, -0.1) is 0 Å². The molecule has 200 valence electrons. The molecule has 2 amide bonds. The Morgan fingerprint density at radius 3 is 1.09 bits per heavy atom. The van der Waals surface area contributed by atoms with E-state index in [0.29, 0.717) is 26.1 Å². The van der Waals surface area contributed by atoms with Gasteiger partial charge in [0.25, 0.3) is 0 Å². The Labute approximate surface area is 208 Å². The lowest BCUT2D eigenvalue weighted by Gasteiger charge is -2.08. The van der Waals surface area contributed by atoms with Crippen LogP contribution >= 0.6 is 0 Å². The van der Waals surface area contributed by atoms with Crippen molar-refractivity contribution >= 4 is 18.0 Å². The first-order chi connectivity index (χ1) is 16.6. The standard InChI is InChI=1S/C27H52N2O5/c1-3-33-25(30)21-17-13-9-5-7-11-15-19-23-28-27(32)29-24-20-16-12-8-6-10-14-18-22-26(31)34-4-2/h3-24H2,1-2H3,(H2,28,29,32). The third-order valence-corrected chi connectivity index (χ3v) is 5.80. The highest BCUT2D eigenvalue weighted by Crippen LogP contribution is 2.11. The highest BCUT2D eigenvalue weighted by atomic mass is 16.5. The lowest BCUT2D eigenvalue weighted by Crippen LogP contribution is -2.36. The molecule has 0 heterocycles. The Balaban J connectivity index is 3.23. The molecule has 0 aromatic rings. The lowest BCUT2D eigenvalue weighted by atomic mass is 10.1. The highest BCUT2D eigenvalue weighted by Gasteiger charge is 2.02. The van der Waals surface area contributed by atoms with Crippen LogP contribution in [0.3, 0.4) is 0 Å². The van der Waals surface area contributed by atoms with Crippen molar-refractivity contribution in [2.45, 2.75) is 129 Å². The zero-order chi connectivity index (χ0) is 25.1. The molecular weight excluding hydrogens is 432 g/mol. The van der Waals surface area contributed by atoms with Crippen molar-refractivity contribution < 1.29 is 23.9 Å². The first-order valence-corrected chi connectivity index (χ1v) is 13.9. The lowest BCUT2D eigenvalue weighted by molar-refractivity contribution is -0.144. The van der Waals surface area contributed by atoms with E-state index in [-0.39, 0.29) is 18.0 Å². The summed E-state index contributed by atoms with van der Waals surface area (Å²) in [6.45, 7) is 6.10. The van der Waals surface area contributed by atoms with Gasteiger partial charge in [-0.2, -0.15) is 0 Å². The van der Waals surface area contributed by atoms with Crippen molar-refractivity contribution in [3.63, 3.8) is 0 Å². The molecule has 0 rings (SSSR count). The second kappa shape index (κ2) is 25.8. The number of amides is 2. The second-order valence-corrected chi connectivity index (χ2v) is 8.95. The van der Waals surface area contributed by atoms with Crippen LogP contribution in [0.1, 0.15) is 129 Å². The number of ether oxygens (including phenoxy) is 2. The minimum absolute atomic E-state index is 0.0526. The first-order valence-electron chi connectivity index (χ1n) is 13.9. The van der Waals surface area contributed by atoms with Crippen LogP contribution in [-0.4, -0.2) is 44.3 Å². The number of carbonyl (C=O) groups is 3. The van der Waals surface area contributed by atoms with Crippen LogP contribution < -0.4 is 10.6 Å². The number of hydrogen-bond acceptors (Lipinski definition) is 5. The van der Waals surface area contributed by atoms with Gasteiger partial charge in [-0.25, -0.2) is 4.79 Å². The van der Waals surface area contributed by atoms with E-state index in [2.05, 4.69) is 10.6 Å². The summed E-state index contributed by atoms with van der Waals surface area (Å²) in [5.74, 6) is -0.155. The Morgan fingerprint density at radius 2 is 0.765 bits per heavy atom. The second-order valence-electron chi connectivity index (χ2n) is 8.95. The third kappa shape index (κ3) is 24.8. The normalized spacial score (nSPS) is 10.6. The van der Waals surface area contributed by atoms with E-state index in [1.807, 2.05) is 13.8 Å². The molecule has 0 saturated heterocycles. The van der Waals surface area contributed by atoms with Gasteiger partial charge in [0.15, 0.2) is 0 Å². The van der Waals surface area contributed by atoms with Crippen molar-refractivity contribution in [2.24, 2.45) is 0 Å². The van der Waals surface area contributed by atoms with Crippen LogP contribution in [0.2, 0.25) is 0 Å². The van der Waals surface area contributed by atoms with E-state index in [1.54, 1.807) is 0 Å². The average Bonchev–Trinajstić information content (AvgIpc) is 2.81. The summed E-state index contributed by atoms with van der Waals surface area (Å²) >= 11 is 0. The minimum atomic E-state index is -0.0777. The van der Waals surface area contributed by atoms with Gasteiger partial charge < -0.3 is 20.1 Å². The van der Waals surface area contributed by atoms with Gasteiger partial charge in [0.1, 0.15) is 0 Å². The molecule has 0 radical (unpaired) electrons. The van der Waals surface area contributed by atoms with E-state index in [4.69, 9.17) is 9.47 Å². The van der Waals surface area contributed by atoms with Gasteiger partial charge in [-0.05, 0) is 39.5 Å². The topological polar surface area (TPSA) is 93.7 Å². The van der Waals surface area contributed by atoms with Crippen molar-refractivity contribution in [1.82, 2.24) is 10.6 Å². The van der Waals surface area contributed by atoms with E-state index in [0.717, 1.165) is 64.5 Å². The van der Waals surface area contributed by atoms with Crippen LogP contribution in [0.5, 0.6) is 0 Å². The largest absolute Gasteiger partial charge is 0.466 e. The predicted molar refractivity (Wildman–Crippen MR) is 138 cm³/mol. The predicted octanol–water partition coefficient (Wildman–Crippen LogP) is 6.43. The van der Waals surface area contributed by atoms with Gasteiger partial charge in [-0.1, -0.05) is 77.0 Å². The van der Waals surface area contributed by atoms with Crippen LogP contribution in [0, 0.1) is 0 Å². The fourth-order valence-corrected chi connectivity index (χ4v) is 3.84. The molecule has 0 aliphatic rings. The molecule has 0 aromatic heterocycles. The van der Waals surface area contributed by atoms with E-state index < -0.39 is 0 Å². The van der Waals surface area contributed by atoms with Gasteiger partial charge in [0, 0.05) is 25.9 Å². The summed E-state index contributed by atoms with van der Waals surface area (Å²) in [6, 6.07) is -0.0526. The SMILES string of the molecule is CCOC(=O)CCCCCCCCCCNC(=O)NCCCCCCCCCCC(=O)OCC. The number of hydrogen-bond donors (Lipinski definition) is 2. The molecule has 0 aromatic carbocycles. The molecule has 0 saturated carbocycles. The number of urea groups is 1. The number of nitrogens with one attached hydrogen (secondary N) is 2. The molecule has 7 heteroatoms. The van der Waals surface area contributed by atoms with Crippen molar-refractivity contribution in [2.75, 3.05) is 26.3 Å². The Bertz CT molecular complexity index is 457. The quantitative estimate of drug-likeness (QED) is 0.122.